The van der Waals surface area contributed by atoms with Crippen molar-refractivity contribution in [2.75, 3.05) is 0 Å². The zero-order chi connectivity index (χ0) is 12.1. The predicted molar refractivity (Wildman–Crippen MR) is 76.7 cm³/mol. The molecule has 0 aliphatic carbocycles. The summed E-state index contributed by atoms with van der Waals surface area (Å²) in [7, 11) is 0. The Morgan fingerprint density at radius 1 is 1.29 bits per heavy atom. The van der Waals surface area contributed by atoms with E-state index in [0.717, 1.165) is 12.1 Å². The molecule has 0 aliphatic rings. The second-order valence-corrected chi connectivity index (χ2v) is 4.96. The van der Waals surface area contributed by atoms with Crippen LogP contribution in [0.5, 0.6) is 0 Å². The summed E-state index contributed by atoms with van der Waals surface area (Å²) in [6.45, 7) is 4.46. The maximum atomic E-state index is 4.60. The summed E-state index contributed by atoms with van der Waals surface area (Å²) in [5.74, 6) is 0.561. The van der Waals surface area contributed by atoms with E-state index in [4.69, 9.17) is 0 Å². The van der Waals surface area contributed by atoms with Gasteiger partial charge in [0.05, 0.1) is 5.69 Å². The largest absolute Gasteiger partial charge is 0.256 e. The lowest BCUT2D eigenvalue weighted by Gasteiger charge is -2.11. The van der Waals surface area contributed by atoms with E-state index < -0.39 is 0 Å². The highest BCUT2D eigenvalue weighted by atomic mass is 32.1. The molecule has 1 aromatic heterocycles. The van der Waals surface area contributed by atoms with Crippen molar-refractivity contribution in [3.63, 3.8) is 0 Å². The first kappa shape index (κ1) is 12.1. The molecule has 0 radical (unpaired) electrons. The molecule has 1 heterocycles. The van der Waals surface area contributed by atoms with E-state index in [1.54, 1.807) is 11.3 Å². The Balaban J connectivity index is 2.26. The molecule has 1 atom stereocenters. The second-order valence-electron chi connectivity index (χ2n) is 4.18. The molecule has 0 saturated heterocycles. The lowest BCUT2D eigenvalue weighted by atomic mass is 9.97. The fourth-order valence-corrected chi connectivity index (χ4v) is 2.35. The highest BCUT2D eigenvalue weighted by molar-refractivity contribution is 7.08. The van der Waals surface area contributed by atoms with Gasteiger partial charge in [0.1, 0.15) is 0 Å². The maximum Gasteiger partial charge on any atom is 0.0664 e. The molecule has 2 heteroatoms. The maximum absolute atomic E-state index is 4.60. The fourth-order valence-electron chi connectivity index (χ4n) is 1.73. The third-order valence-electron chi connectivity index (χ3n) is 2.98. The average molecular weight is 243 g/mol. The van der Waals surface area contributed by atoms with Crippen molar-refractivity contribution in [3.8, 4) is 0 Å². The van der Waals surface area contributed by atoms with Gasteiger partial charge in [0, 0.05) is 11.8 Å². The first-order chi connectivity index (χ1) is 8.31. The quantitative estimate of drug-likeness (QED) is 0.669. The minimum atomic E-state index is 0.561. The van der Waals surface area contributed by atoms with Crippen LogP contribution < -0.4 is 0 Å². The SMILES string of the molecule is CC[C@@H](C)c1ccccc1N=Cc1ccsc1. The van der Waals surface area contributed by atoms with Gasteiger partial charge in [0.15, 0.2) is 0 Å². The summed E-state index contributed by atoms with van der Waals surface area (Å²) in [5, 5.41) is 4.18. The van der Waals surface area contributed by atoms with Gasteiger partial charge in [-0.3, -0.25) is 4.99 Å². The Morgan fingerprint density at radius 3 is 2.82 bits per heavy atom. The highest BCUT2D eigenvalue weighted by Crippen LogP contribution is 2.28. The zero-order valence-electron chi connectivity index (χ0n) is 10.3. The molecular weight excluding hydrogens is 226 g/mol. The first-order valence-corrected chi connectivity index (χ1v) is 6.90. The van der Waals surface area contributed by atoms with Crippen molar-refractivity contribution in [1.82, 2.24) is 0 Å². The van der Waals surface area contributed by atoms with Crippen LogP contribution in [0.4, 0.5) is 5.69 Å². The van der Waals surface area contributed by atoms with Crippen molar-refractivity contribution < 1.29 is 0 Å². The van der Waals surface area contributed by atoms with Crippen molar-refractivity contribution in [2.45, 2.75) is 26.2 Å². The van der Waals surface area contributed by atoms with Crippen molar-refractivity contribution in [3.05, 3.63) is 52.2 Å². The van der Waals surface area contributed by atoms with Gasteiger partial charge in [-0.05, 0) is 40.8 Å². The summed E-state index contributed by atoms with van der Waals surface area (Å²) < 4.78 is 0. The Kier molecular flexibility index (Phi) is 4.10. The van der Waals surface area contributed by atoms with Gasteiger partial charge in [-0.25, -0.2) is 0 Å². The zero-order valence-corrected chi connectivity index (χ0v) is 11.1. The molecule has 17 heavy (non-hydrogen) atoms. The van der Waals surface area contributed by atoms with Crippen LogP contribution in [0.2, 0.25) is 0 Å². The topological polar surface area (TPSA) is 12.4 Å². The molecule has 0 spiro atoms. The van der Waals surface area contributed by atoms with Crippen LogP contribution in [-0.4, -0.2) is 6.21 Å². The molecule has 0 saturated carbocycles. The van der Waals surface area contributed by atoms with Gasteiger partial charge >= 0.3 is 0 Å². The smallest absolute Gasteiger partial charge is 0.0664 e. The molecule has 2 aromatic rings. The third kappa shape index (κ3) is 3.04. The lowest BCUT2D eigenvalue weighted by Crippen LogP contribution is -1.91. The number of benzene rings is 1. The van der Waals surface area contributed by atoms with Crippen LogP contribution in [0.25, 0.3) is 0 Å². The van der Waals surface area contributed by atoms with E-state index in [0.29, 0.717) is 5.92 Å². The highest BCUT2D eigenvalue weighted by Gasteiger charge is 2.06. The first-order valence-electron chi connectivity index (χ1n) is 5.96. The van der Waals surface area contributed by atoms with Gasteiger partial charge in [0.2, 0.25) is 0 Å². The van der Waals surface area contributed by atoms with Gasteiger partial charge in [0.25, 0.3) is 0 Å². The second kappa shape index (κ2) is 5.78. The van der Waals surface area contributed by atoms with Crippen molar-refractivity contribution in [2.24, 2.45) is 4.99 Å². The number of rotatable bonds is 4. The van der Waals surface area contributed by atoms with E-state index in [-0.39, 0.29) is 0 Å². The molecule has 1 aromatic carbocycles. The molecule has 0 fully saturated rings. The summed E-state index contributed by atoms with van der Waals surface area (Å²) in [5.41, 5.74) is 3.60. The third-order valence-corrected chi connectivity index (χ3v) is 3.68. The van der Waals surface area contributed by atoms with Gasteiger partial charge in [-0.1, -0.05) is 32.0 Å². The van der Waals surface area contributed by atoms with Gasteiger partial charge in [-0.2, -0.15) is 11.3 Å². The number of hydrogen-bond acceptors (Lipinski definition) is 2. The van der Waals surface area contributed by atoms with Gasteiger partial charge < -0.3 is 0 Å². The average Bonchev–Trinajstić information content (AvgIpc) is 2.89. The molecule has 0 unspecified atom stereocenters. The number of aliphatic imine (C=N–C) groups is 1. The molecule has 0 N–H and O–H groups in total. The van der Waals surface area contributed by atoms with Crippen LogP contribution in [-0.2, 0) is 0 Å². The van der Waals surface area contributed by atoms with Crippen LogP contribution in [0.15, 0.2) is 46.1 Å². The van der Waals surface area contributed by atoms with Crippen LogP contribution >= 0.6 is 11.3 Å². The van der Waals surface area contributed by atoms with Gasteiger partial charge in [-0.15, -0.1) is 0 Å². The molecule has 0 bridgehead atoms. The molecule has 88 valence electrons. The summed E-state index contributed by atoms with van der Waals surface area (Å²) >= 11 is 1.70. The monoisotopic (exact) mass is 243 g/mol. The Labute approximate surface area is 107 Å². The van der Waals surface area contributed by atoms with Crippen molar-refractivity contribution >= 4 is 23.2 Å². The van der Waals surface area contributed by atoms with E-state index in [1.807, 2.05) is 12.3 Å². The van der Waals surface area contributed by atoms with E-state index in [9.17, 15) is 0 Å². The summed E-state index contributed by atoms with van der Waals surface area (Å²) in [6.07, 6.45) is 3.09. The summed E-state index contributed by atoms with van der Waals surface area (Å²) in [6, 6.07) is 10.5. The number of nitrogens with zero attached hydrogens (tertiary/aromatic N) is 1. The van der Waals surface area contributed by atoms with E-state index >= 15 is 0 Å². The van der Waals surface area contributed by atoms with E-state index in [1.165, 1.54) is 11.1 Å². The van der Waals surface area contributed by atoms with Crippen LogP contribution in [0.1, 0.15) is 37.3 Å². The minimum absolute atomic E-state index is 0.561. The lowest BCUT2D eigenvalue weighted by molar-refractivity contribution is 0.734. The Hall–Kier alpha value is -1.41. The molecule has 2 rings (SSSR count). The molecule has 0 amide bonds. The number of thiophene rings is 1. The predicted octanol–water partition coefficient (Wildman–Crippen LogP) is 5.01. The number of hydrogen-bond donors (Lipinski definition) is 0. The van der Waals surface area contributed by atoms with Crippen LogP contribution in [0, 0.1) is 0 Å². The molecular formula is C15H17NS. The standard InChI is InChI=1S/C15H17NS/c1-3-12(2)14-6-4-5-7-15(14)16-10-13-8-9-17-11-13/h4-12H,3H2,1-2H3/t12-/m1/s1. The summed E-state index contributed by atoms with van der Waals surface area (Å²) in [4.78, 5) is 4.60. The Morgan fingerprint density at radius 2 is 2.12 bits per heavy atom. The van der Waals surface area contributed by atoms with E-state index in [2.05, 4.69) is 53.9 Å². The number of para-hydroxylation sites is 1. The van der Waals surface area contributed by atoms with Crippen molar-refractivity contribution in [1.29, 1.82) is 0 Å². The normalized spacial score (nSPS) is 13.1. The molecule has 0 aliphatic heterocycles. The minimum Gasteiger partial charge on any atom is -0.256 e. The molecule has 1 nitrogen and oxygen atoms in total. The van der Waals surface area contributed by atoms with Crippen LogP contribution in [0.3, 0.4) is 0 Å². The Bertz CT molecular complexity index is 485. The fraction of sp³-hybridized carbons (Fsp3) is 0.267.